The Morgan fingerprint density at radius 3 is 2.29 bits per heavy atom. The Hall–Kier alpha value is -1.36. The molecule has 0 aliphatic rings. The maximum absolute atomic E-state index is 11.8. The molecule has 4 nitrogen and oxygen atoms in total. The summed E-state index contributed by atoms with van der Waals surface area (Å²) in [7, 11) is 0. The molecule has 0 saturated heterocycles. The highest BCUT2D eigenvalue weighted by atomic mass is 79.9. The van der Waals surface area contributed by atoms with E-state index in [-0.39, 0.29) is 11.1 Å². The van der Waals surface area contributed by atoms with Gasteiger partial charge in [0.15, 0.2) is 0 Å². The first-order chi connectivity index (χ1) is 7.70. The zero-order valence-electron chi connectivity index (χ0n) is 9.78. The molecule has 0 bridgehead atoms. The van der Waals surface area contributed by atoms with Crippen LogP contribution in [0.15, 0.2) is 22.7 Å². The Kier molecular flexibility index (Phi) is 3.93. The van der Waals surface area contributed by atoms with Gasteiger partial charge in [0.1, 0.15) is 5.60 Å². The minimum atomic E-state index is -1.16. The van der Waals surface area contributed by atoms with Crippen molar-refractivity contribution in [3.05, 3.63) is 33.8 Å². The van der Waals surface area contributed by atoms with Crippen molar-refractivity contribution in [1.29, 1.82) is 0 Å². The Labute approximate surface area is 108 Å². The number of rotatable bonds is 2. The number of carbonyl (C=O) groups excluding carboxylic acids is 1. The monoisotopic (exact) mass is 300 g/mol. The van der Waals surface area contributed by atoms with Crippen molar-refractivity contribution in [1.82, 2.24) is 0 Å². The summed E-state index contributed by atoms with van der Waals surface area (Å²) in [5.74, 6) is -1.80. The highest BCUT2D eigenvalue weighted by molar-refractivity contribution is 9.10. The molecule has 92 valence electrons. The van der Waals surface area contributed by atoms with Crippen LogP contribution in [-0.4, -0.2) is 22.6 Å². The molecule has 0 aliphatic carbocycles. The Morgan fingerprint density at radius 2 is 1.82 bits per heavy atom. The number of aromatic carboxylic acids is 1. The number of hydrogen-bond donors (Lipinski definition) is 1. The molecule has 5 heteroatoms. The van der Waals surface area contributed by atoms with E-state index < -0.39 is 17.5 Å². The largest absolute Gasteiger partial charge is 0.478 e. The maximum atomic E-state index is 11.8. The van der Waals surface area contributed by atoms with Crippen LogP contribution >= 0.6 is 15.9 Å². The molecule has 0 aliphatic heterocycles. The van der Waals surface area contributed by atoms with Gasteiger partial charge in [-0.1, -0.05) is 15.9 Å². The third-order valence-electron chi connectivity index (χ3n) is 1.83. The van der Waals surface area contributed by atoms with Gasteiger partial charge in [0, 0.05) is 4.47 Å². The SMILES string of the molecule is CC(C)(C)OC(=O)c1ccc(Br)cc1C(=O)O. The summed E-state index contributed by atoms with van der Waals surface area (Å²) in [5.41, 5.74) is -0.677. The highest BCUT2D eigenvalue weighted by Gasteiger charge is 2.22. The third-order valence-corrected chi connectivity index (χ3v) is 2.32. The van der Waals surface area contributed by atoms with E-state index in [0.29, 0.717) is 4.47 Å². The minimum absolute atomic E-state index is 0.0515. The van der Waals surface area contributed by atoms with E-state index in [0.717, 1.165) is 0 Å². The van der Waals surface area contributed by atoms with Crippen LogP contribution in [0.1, 0.15) is 41.5 Å². The lowest BCUT2D eigenvalue weighted by Crippen LogP contribution is -2.25. The van der Waals surface area contributed by atoms with Crippen LogP contribution in [0.3, 0.4) is 0 Å². The topological polar surface area (TPSA) is 63.6 Å². The predicted octanol–water partition coefficient (Wildman–Crippen LogP) is 3.10. The van der Waals surface area contributed by atoms with Crippen molar-refractivity contribution >= 4 is 27.9 Å². The van der Waals surface area contributed by atoms with Gasteiger partial charge in [-0.25, -0.2) is 9.59 Å². The second-order valence-electron chi connectivity index (χ2n) is 4.50. The second kappa shape index (κ2) is 4.87. The van der Waals surface area contributed by atoms with Crippen LogP contribution < -0.4 is 0 Å². The number of benzene rings is 1. The van der Waals surface area contributed by atoms with Crippen molar-refractivity contribution in [2.75, 3.05) is 0 Å². The molecule has 0 atom stereocenters. The lowest BCUT2D eigenvalue weighted by atomic mass is 10.1. The van der Waals surface area contributed by atoms with Crippen LogP contribution in [-0.2, 0) is 4.74 Å². The third kappa shape index (κ3) is 3.85. The van der Waals surface area contributed by atoms with E-state index in [1.165, 1.54) is 12.1 Å². The lowest BCUT2D eigenvalue weighted by Gasteiger charge is -2.20. The first-order valence-corrected chi connectivity index (χ1v) is 5.76. The molecule has 0 unspecified atom stereocenters. The Morgan fingerprint density at radius 1 is 1.24 bits per heavy atom. The maximum Gasteiger partial charge on any atom is 0.339 e. The number of esters is 1. The first kappa shape index (κ1) is 13.7. The summed E-state index contributed by atoms with van der Waals surface area (Å²) in [5, 5.41) is 9.01. The predicted molar refractivity (Wildman–Crippen MR) is 66.3 cm³/mol. The smallest absolute Gasteiger partial charge is 0.339 e. The minimum Gasteiger partial charge on any atom is -0.478 e. The molecule has 0 radical (unpaired) electrons. The van der Waals surface area contributed by atoms with E-state index in [4.69, 9.17) is 9.84 Å². The lowest BCUT2D eigenvalue weighted by molar-refractivity contribution is 0.00658. The summed E-state index contributed by atoms with van der Waals surface area (Å²) < 4.78 is 5.74. The summed E-state index contributed by atoms with van der Waals surface area (Å²) in [6.07, 6.45) is 0. The van der Waals surface area contributed by atoms with Crippen LogP contribution in [0.2, 0.25) is 0 Å². The van der Waals surface area contributed by atoms with E-state index in [1.54, 1.807) is 26.8 Å². The van der Waals surface area contributed by atoms with Gasteiger partial charge in [-0.05, 0) is 39.0 Å². The van der Waals surface area contributed by atoms with Crippen LogP contribution in [0.5, 0.6) is 0 Å². The summed E-state index contributed by atoms with van der Waals surface area (Å²) >= 11 is 3.16. The molecule has 0 spiro atoms. The number of ether oxygens (including phenoxy) is 1. The van der Waals surface area contributed by atoms with Crippen molar-refractivity contribution in [3.63, 3.8) is 0 Å². The fourth-order valence-corrected chi connectivity index (χ4v) is 1.57. The van der Waals surface area contributed by atoms with Gasteiger partial charge in [0.2, 0.25) is 0 Å². The van der Waals surface area contributed by atoms with Crippen molar-refractivity contribution in [3.8, 4) is 0 Å². The summed E-state index contributed by atoms with van der Waals surface area (Å²) in [6, 6.07) is 4.41. The number of carboxylic acid groups (broad SMARTS) is 1. The quantitative estimate of drug-likeness (QED) is 0.853. The summed E-state index contributed by atoms with van der Waals surface area (Å²) in [6.45, 7) is 5.18. The fraction of sp³-hybridized carbons (Fsp3) is 0.333. The second-order valence-corrected chi connectivity index (χ2v) is 5.41. The zero-order valence-corrected chi connectivity index (χ0v) is 11.4. The Balaban J connectivity index is 3.14. The van der Waals surface area contributed by atoms with Gasteiger partial charge in [0.05, 0.1) is 11.1 Å². The zero-order chi connectivity index (χ0) is 13.2. The molecule has 0 aromatic heterocycles. The molecule has 0 saturated carbocycles. The Bertz CT molecular complexity index is 460. The highest BCUT2D eigenvalue weighted by Crippen LogP contribution is 2.20. The van der Waals surface area contributed by atoms with Gasteiger partial charge in [0.25, 0.3) is 0 Å². The molecule has 17 heavy (non-hydrogen) atoms. The molecule has 1 N–H and O–H groups in total. The molecule has 0 fully saturated rings. The van der Waals surface area contributed by atoms with E-state index in [2.05, 4.69) is 15.9 Å². The first-order valence-electron chi connectivity index (χ1n) is 4.97. The average Bonchev–Trinajstić information content (AvgIpc) is 2.14. The number of carboxylic acids is 1. The molecule has 0 heterocycles. The molecule has 1 aromatic carbocycles. The number of halogens is 1. The standard InChI is InChI=1S/C12H13BrO4/c1-12(2,3)17-11(16)8-5-4-7(13)6-9(8)10(14)15/h4-6H,1-3H3,(H,14,15). The van der Waals surface area contributed by atoms with E-state index in [1.807, 2.05) is 0 Å². The fourth-order valence-electron chi connectivity index (χ4n) is 1.20. The van der Waals surface area contributed by atoms with Crippen LogP contribution in [0.25, 0.3) is 0 Å². The van der Waals surface area contributed by atoms with Crippen LogP contribution in [0.4, 0.5) is 0 Å². The van der Waals surface area contributed by atoms with Crippen molar-refractivity contribution < 1.29 is 19.4 Å². The van der Waals surface area contributed by atoms with Gasteiger partial charge in [-0.3, -0.25) is 0 Å². The van der Waals surface area contributed by atoms with E-state index >= 15 is 0 Å². The van der Waals surface area contributed by atoms with Gasteiger partial charge < -0.3 is 9.84 Å². The number of carbonyl (C=O) groups is 2. The van der Waals surface area contributed by atoms with Gasteiger partial charge in [-0.15, -0.1) is 0 Å². The van der Waals surface area contributed by atoms with Crippen LogP contribution in [0, 0.1) is 0 Å². The van der Waals surface area contributed by atoms with Gasteiger partial charge >= 0.3 is 11.9 Å². The summed E-state index contributed by atoms with van der Waals surface area (Å²) in [4.78, 5) is 22.8. The molecule has 1 aromatic rings. The van der Waals surface area contributed by atoms with Gasteiger partial charge in [-0.2, -0.15) is 0 Å². The molecular weight excluding hydrogens is 288 g/mol. The molecule has 0 amide bonds. The van der Waals surface area contributed by atoms with E-state index in [9.17, 15) is 9.59 Å². The average molecular weight is 301 g/mol. The normalized spacial score (nSPS) is 11.1. The molecule has 1 rings (SSSR count). The molecular formula is C12H13BrO4. The van der Waals surface area contributed by atoms with Crippen molar-refractivity contribution in [2.24, 2.45) is 0 Å². The van der Waals surface area contributed by atoms with Crippen molar-refractivity contribution in [2.45, 2.75) is 26.4 Å². The number of hydrogen-bond acceptors (Lipinski definition) is 3.